The Morgan fingerprint density at radius 1 is 0.698 bits per heavy atom. The summed E-state index contributed by atoms with van der Waals surface area (Å²) in [6, 6.07) is -2.79. The zero-order valence-electron chi connectivity index (χ0n) is 28.3. The molecule has 3 N–H and O–H groups in total. The summed E-state index contributed by atoms with van der Waals surface area (Å²) in [5, 5.41) is 8.64. The van der Waals surface area contributed by atoms with Crippen LogP contribution in [-0.4, -0.2) is 65.9 Å². The lowest BCUT2D eigenvalue weighted by Crippen LogP contribution is -2.53. The first-order chi connectivity index (χ1) is 19.8. The van der Waals surface area contributed by atoms with Crippen molar-refractivity contribution in [1.82, 2.24) is 16.0 Å². The molecule has 246 valence electrons. The highest BCUT2D eigenvalue weighted by Crippen LogP contribution is 2.15. The van der Waals surface area contributed by atoms with Crippen molar-refractivity contribution in [2.75, 3.05) is 13.1 Å². The smallest absolute Gasteiger partial charge is 0.329 e. The van der Waals surface area contributed by atoms with E-state index in [4.69, 9.17) is 14.2 Å². The number of amides is 2. The van der Waals surface area contributed by atoms with Gasteiger partial charge in [-0.25, -0.2) is 14.4 Å². The Labute approximate surface area is 259 Å². The Balaban J connectivity index is 5.34. The lowest BCUT2D eigenvalue weighted by atomic mass is 10.1. The summed E-state index contributed by atoms with van der Waals surface area (Å²) >= 11 is 0. The zero-order chi connectivity index (χ0) is 33.3. The van der Waals surface area contributed by atoms with Crippen LogP contribution in [0.4, 0.5) is 4.79 Å². The number of hydrogen-bond acceptors (Lipinski definition) is 8. The summed E-state index contributed by atoms with van der Waals surface area (Å²) in [4.78, 5) is 51.2. The van der Waals surface area contributed by atoms with Crippen LogP contribution in [0.15, 0.2) is 36.0 Å². The van der Waals surface area contributed by atoms with Crippen LogP contribution in [0.2, 0.25) is 0 Å². The van der Waals surface area contributed by atoms with Crippen molar-refractivity contribution in [1.29, 1.82) is 0 Å². The van der Waals surface area contributed by atoms with E-state index >= 15 is 0 Å². The van der Waals surface area contributed by atoms with Gasteiger partial charge in [-0.05, 0) is 114 Å². The molecule has 0 aromatic heterocycles. The topological polar surface area (TPSA) is 132 Å². The molecule has 0 fully saturated rings. The van der Waals surface area contributed by atoms with Gasteiger partial charge in [0, 0.05) is 13.0 Å². The number of hydrogen-bond donors (Lipinski definition) is 3. The van der Waals surface area contributed by atoms with E-state index in [2.05, 4.69) is 16.0 Å². The van der Waals surface area contributed by atoms with E-state index in [0.29, 0.717) is 12.8 Å². The average molecular weight is 608 g/mol. The van der Waals surface area contributed by atoms with Gasteiger partial charge in [0.05, 0.1) is 0 Å². The Hall–Kier alpha value is -3.14. The van der Waals surface area contributed by atoms with Crippen LogP contribution in [0.25, 0.3) is 0 Å². The number of carbonyl (C=O) groups is 4. The second kappa shape index (κ2) is 19.2. The number of ether oxygens (including phenoxy) is 3. The van der Waals surface area contributed by atoms with Gasteiger partial charge in [0.1, 0.15) is 28.9 Å². The average Bonchev–Trinajstić information content (AvgIpc) is 2.83. The van der Waals surface area contributed by atoms with E-state index in [0.717, 1.165) is 25.1 Å². The van der Waals surface area contributed by atoms with Crippen molar-refractivity contribution in [2.45, 2.75) is 137 Å². The van der Waals surface area contributed by atoms with Crippen LogP contribution in [0.5, 0.6) is 0 Å². The standard InChI is InChI=1S/C33H57N3O7/c1-12-14-15-18-24(13-2)23-34-22-17-16-19-25(28(38)42-32(6,7)8)35-30(40)36-26(29(39)43-33(9,10)11)20-21-27(37)41-31(3,4)5/h12-15,18,25-26,34H,16-17,19-23H2,1-11H3,(H2,35,36,40)/b14-12-,18-15-,24-13+/t25-,26-/m0/s1. The molecule has 0 aromatic rings. The minimum absolute atomic E-state index is 0.0296. The number of unbranched alkanes of at least 4 members (excludes halogenated alkanes) is 1. The molecule has 0 aliphatic heterocycles. The third kappa shape index (κ3) is 22.1. The highest BCUT2D eigenvalue weighted by Gasteiger charge is 2.31. The summed E-state index contributed by atoms with van der Waals surface area (Å²) in [5.41, 5.74) is -1.07. The summed E-state index contributed by atoms with van der Waals surface area (Å²) in [6.45, 7) is 21.0. The molecule has 0 heterocycles. The summed E-state index contributed by atoms with van der Waals surface area (Å²) < 4.78 is 16.3. The van der Waals surface area contributed by atoms with Crippen molar-refractivity contribution in [2.24, 2.45) is 0 Å². The highest BCUT2D eigenvalue weighted by molar-refractivity contribution is 5.87. The van der Waals surface area contributed by atoms with Crippen molar-refractivity contribution in [3.8, 4) is 0 Å². The van der Waals surface area contributed by atoms with E-state index in [1.165, 1.54) is 0 Å². The van der Waals surface area contributed by atoms with Gasteiger partial charge < -0.3 is 30.2 Å². The quantitative estimate of drug-likeness (QED) is 0.0886. The fourth-order valence-corrected chi connectivity index (χ4v) is 3.64. The van der Waals surface area contributed by atoms with Crippen molar-refractivity contribution < 1.29 is 33.4 Å². The van der Waals surface area contributed by atoms with Gasteiger partial charge in [-0.15, -0.1) is 0 Å². The maximum absolute atomic E-state index is 13.0. The lowest BCUT2D eigenvalue weighted by Gasteiger charge is -2.27. The van der Waals surface area contributed by atoms with Gasteiger partial charge in [-0.3, -0.25) is 4.79 Å². The van der Waals surface area contributed by atoms with Crippen LogP contribution in [-0.2, 0) is 28.6 Å². The Bertz CT molecular complexity index is 980. The molecule has 0 unspecified atom stereocenters. The molecule has 0 radical (unpaired) electrons. The molecular weight excluding hydrogens is 550 g/mol. The Kier molecular flexibility index (Phi) is 17.8. The van der Waals surface area contributed by atoms with Gasteiger partial charge in [-0.1, -0.05) is 30.4 Å². The van der Waals surface area contributed by atoms with E-state index in [1.807, 2.05) is 44.2 Å². The van der Waals surface area contributed by atoms with Crippen LogP contribution in [0.1, 0.15) is 108 Å². The SMILES string of the molecule is C\C=C/C=C\C(=C/C)CNCCCC[C@H](NC(=O)N[C@@H](CCC(=O)OC(C)(C)C)C(=O)OC(C)(C)C)C(=O)OC(C)(C)C. The van der Waals surface area contributed by atoms with Crippen molar-refractivity contribution in [3.05, 3.63) is 36.0 Å². The van der Waals surface area contributed by atoms with Crippen LogP contribution in [0.3, 0.4) is 0 Å². The van der Waals surface area contributed by atoms with Crippen LogP contribution in [0, 0.1) is 0 Å². The molecule has 0 aromatic carbocycles. The van der Waals surface area contributed by atoms with Gasteiger partial charge in [0.25, 0.3) is 0 Å². The predicted octanol–water partition coefficient (Wildman–Crippen LogP) is 5.67. The van der Waals surface area contributed by atoms with E-state index in [1.54, 1.807) is 62.3 Å². The molecule has 10 heteroatoms. The first kappa shape index (κ1) is 39.9. The molecule has 0 spiro atoms. The van der Waals surface area contributed by atoms with Gasteiger partial charge in [-0.2, -0.15) is 0 Å². The third-order valence-electron chi connectivity index (χ3n) is 5.46. The number of esters is 3. The first-order valence-electron chi connectivity index (χ1n) is 15.2. The van der Waals surface area contributed by atoms with E-state index in [-0.39, 0.29) is 12.8 Å². The van der Waals surface area contributed by atoms with Crippen LogP contribution < -0.4 is 16.0 Å². The van der Waals surface area contributed by atoms with Crippen LogP contribution >= 0.6 is 0 Å². The third-order valence-corrected chi connectivity index (χ3v) is 5.46. The molecule has 43 heavy (non-hydrogen) atoms. The van der Waals surface area contributed by atoms with Gasteiger partial charge in [0.15, 0.2) is 0 Å². The minimum atomic E-state index is -1.13. The van der Waals surface area contributed by atoms with Crippen molar-refractivity contribution >= 4 is 23.9 Å². The molecule has 2 atom stereocenters. The first-order valence-corrected chi connectivity index (χ1v) is 15.2. The Morgan fingerprint density at radius 2 is 1.21 bits per heavy atom. The Morgan fingerprint density at radius 3 is 1.67 bits per heavy atom. The fraction of sp³-hybridized carbons (Fsp3) is 0.697. The van der Waals surface area contributed by atoms with Gasteiger partial charge in [0.2, 0.25) is 0 Å². The largest absolute Gasteiger partial charge is 0.460 e. The summed E-state index contributed by atoms with van der Waals surface area (Å²) in [6.07, 6.45) is 11.6. The second-order valence-electron chi connectivity index (χ2n) is 13.3. The monoisotopic (exact) mass is 607 g/mol. The summed E-state index contributed by atoms with van der Waals surface area (Å²) in [5.74, 6) is -1.76. The molecule has 10 nitrogen and oxygen atoms in total. The van der Waals surface area contributed by atoms with Gasteiger partial charge >= 0.3 is 23.9 Å². The molecule has 0 bridgehead atoms. The molecule has 0 rings (SSSR count). The van der Waals surface area contributed by atoms with Crippen molar-refractivity contribution in [3.63, 3.8) is 0 Å². The number of allylic oxidation sites excluding steroid dienone is 4. The molecule has 0 saturated heterocycles. The maximum atomic E-state index is 13.0. The second-order valence-corrected chi connectivity index (χ2v) is 13.3. The maximum Gasteiger partial charge on any atom is 0.329 e. The zero-order valence-corrected chi connectivity index (χ0v) is 28.3. The summed E-state index contributed by atoms with van der Waals surface area (Å²) in [7, 11) is 0. The molecule has 0 aliphatic rings. The van der Waals surface area contributed by atoms with E-state index < -0.39 is 52.8 Å². The molecule has 0 saturated carbocycles. The highest BCUT2D eigenvalue weighted by atomic mass is 16.6. The number of carbonyl (C=O) groups excluding carboxylic acids is 4. The number of rotatable bonds is 16. The lowest BCUT2D eigenvalue weighted by molar-refractivity contribution is -0.159. The normalized spacial score (nSPS) is 14.3. The fourth-order valence-electron chi connectivity index (χ4n) is 3.64. The predicted molar refractivity (Wildman–Crippen MR) is 170 cm³/mol. The van der Waals surface area contributed by atoms with E-state index in [9.17, 15) is 19.2 Å². The minimum Gasteiger partial charge on any atom is -0.460 e. The molecule has 0 aliphatic carbocycles. The molecule has 2 amide bonds. The molecular formula is C33H57N3O7. The number of urea groups is 1. The number of nitrogens with one attached hydrogen (secondary N) is 3.